The van der Waals surface area contributed by atoms with E-state index in [1.807, 2.05) is 0 Å². The Balaban J connectivity index is 2.10. The Bertz CT molecular complexity index is 603. The van der Waals surface area contributed by atoms with Gasteiger partial charge in [-0.25, -0.2) is 0 Å². The molecule has 0 bridgehead atoms. The van der Waals surface area contributed by atoms with Gasteiger partial charge in [0.15, 0.2) is 0 Å². The summed E-state index contributed by atoms with van der Waals surface area (Å²) < 4.78 is 10.4. The zero-order valence-electron chi connectivity index (χ0n) is 13.2. The molecule has 1 aromatic carbocycles. The second kappa shape index (κ2) is 7.52. The van der Waals surface area contributed by atoms with Crippen LogP contribution >= 0.6 is 11.6 Å². The van der Waals surface area contributed by atoms with E-state index in [0.29, 0.717) is 37.7 Å². The minimum atomic E-state index is -0.356. The van der Waals surface area contributed by atoms with Crippen LogP contribution in [0.2, 0.25) is 5.02 Å². The molecule has 23 heavy (non-hydrogen) atoms. The monoisotopic (exact) mass is 341 g/mol. The number of rotatable bonds is 4. The van der Waals surface area contributed by atoms with Crippen LogP contribution in [0.4, 0.5) is 5.69 Å². The molecule has 0 spiro atoms. The van der Waals surface area contributed by atoms with Crippen molar-refractivity contribution in [3.8, 4) is 5.75 Å². The molecule has 0 radical (unpaired) electrons. The molecule has 0 aliphatic carbocycles. The van der Waals surface area contributed by atoms with Crippen LogP contribution in [0.5, 0.6) is 5.75 Å². The van der Waals surface area contributed by atoms with Gasteiger partial charge >= 0.3 is 0 Å². The summed E-state index contributed by atoms with van der Waals surface area (Å²) in [7, 11) is 3.00. The molecule has 2 rings (SSSR count). The lowest BCUT2D eigenvalue weighted by Crippen LogP contribution is -2.46. The van der Waals surface area contributed by atoms with Crippen molar-refractivity contribution in [1.29, 1.82) is 0 Å². The zero-order valence-corrected chi connectivity index (χ0v) is 13.9. The van der Waals surface area contributed by atoms with Gasteiger partial charge in [0, 0.05) is 26.2 Å². The molecule has 2 amide bonds. The number of carbonyl (C=O) groups excluding carboxylic acids is 2. The number of morpholine rings is 1. The van der Waals surface area contributed by atoms with E-state index < -0.39 is 0 Å². The van der Waals surface area contributed by atoms with Crippen LogP contribution < -0.4 is 10.5 Å². The number of amides is 2. The van der Waals surface area contributed by atoms with Gasteiger partial charge < -0.3 is 25.0 Å². The van der Waals surface area contributed by atoms with Gasteiger partial charge in [0.05, 0.1) is 43.1 Å². The van der Waals surface area contributed by atoms with Crippen LogP contribution in [0.3, 0.4) is 0 Å². The van der Waals surface area contributed by atoms with Crippen LogP contribution in [0.25, 0.3) is 0 Å². The fraction of sp³-hybridized carbons (Fsp3) is 0.467. The molecule has 126 valence electrons. The lowest BCUT2D eigenvalue weighted by atomic mass is 10.1. The van der Waals surface area contributed by atoms with Crippen LogP contribution in [0, 0.1) is 0 Å². The Labute approximate surface area is 139 Å². The predicted octanol–water partition coefficient (Wildman–Crippen LogP) is 0.862. The molecule has 7 nitrogen and oxygen atoms in total. The van der Waals surface area contributed by atoms with E-state index in [0.717, 1.165) is 0 Å². The highest BCUT2D eigenvalue weighted by molar-refractivity contribution is 6.33. The number of anilines is 1. The second-order valence-electron chi connectivity index (χ2n) is 5.23. The van der Waals surface area contributed by atoms with Crippen molar-refractivity contribution in [1.82, 2.24) is 9.80 Å². The Morgan fingerprint density at radius 3 is 2.65 bits per heavy atom. The van der Waals surface area contributed by atoms with Crippen molar-refractivity contribution in [3.05, 3.63) is 22.7 Å². The highest BCUT2D eigenvalue weighted by atomic mass is 35.5. The quantitative estimate of drug-likeness (QED) is 0.821. The van der Waals surface area contributed by atoms with Gasteiger partial charge in [0.1, 0.15) is 5.75 Å². The number of carbonyl (C=O) groups is 2. The largest absolute Gasteiger partial charge is 0.496 e. The van der Waals surface area contributed by atoms with Crippen molar-refractivity contribution < 1.29 is 19.1 Å². The minimum Gasteiger partial charge on any atom is -0.496 e. The number of nitrogens with zero attached hydrogens (tertiary/aromatic N) is 2. The number of halogens is 1. The van der Waals surface area contributed by atoms with Crippen LogP contribution in [-0.4, -0.2) is 68.6 Å². The van der Waals surface area contributed by atoms with E-state index in [9.17, 15) is 9.59 Å². The number of nitrogens with two attached hydrogens (primary N) is 1. The summed E-state index contributed by atoms with van der Waals surface area (Å²) in [5, 5.41) is 0.266. The molecule has 1 aliphatic rings. The molecule has 2 N–H and O–H groups in total. The molecule has 0 saturated carbocycles. The molecule has 0 atom stereocenters. The first-order valence-corrected chi connectivity index (χ1v) is 7.55. The van der Waals surface area contributed by atoms with Crippen molar-refractivity contribution in [3.63, 3.8) is 0 Å². The Morgan fingerprint density at radius 1 is 1.39 bits per heavy atom. The molecule has 1 heterocycles. The second-order valence-corrected chi connectivity index (χ2v) is 5.64. The van der Waals surface area contributed by atoms with Crippen molar-refractivity contribution in [2.75, 3.05) is 52.7 Å². The Kier molecular flexibility index (Phi) is 5.68. The van der Waals surface area contributed by atoms with Crippen molar-refractivity contribution >= 4 is 29.1 Å². The normalized spacial score (nSPS) is 14.5. The van der Waals surface area contributed by atoms with E-state index in [1.165, 1.54) is 24.1 Å². The van der Waals surface area contributed by atoms with Gasteiger partial charge in [0.2, 0.25) is 5.91 Å². The topological polar surface area (TPSA) is 85.1 Å². The smallest absolute Gasteiger partial charge is 0.257 e. The standard InChI is InChI=1S/C15H20ClN3O4/c1-18(9-14(20)19-3-5-23-6-4-19)15(21)10-7-11(16)12(17)8-13(10)22-2/h7-8H,3-6,9,17H2,1-2H3. The number of benzene rings is 1. The Morgan fingerprint density at radius 2 is 2.04 bits per heavy atom. The molecule has 1 saturated heterocycles. The average Bonchev–Trinajstić information content (AvgIpc) is 2.56. The van der Waals surface area contributed by atoms with Crippen LogP contribution in [0.1, 0.15) is 10.4 Å². The number of ether oxygens (including phenoxy) is 2. The first kappa shape index (κ1) is 17.4. The van der Waals surface area contributed by atoms with Gasteiger partial charge in [-0.15, -0.1) is 0 Å². The van der Waals surface area contributed by atoms with E-state index in [4.69, 9.17) is 26.8 Å². The fourth-order valence-electron chi connectivity index (χ4n) is 2.30. The Hall–Kier alpha value is -1.99. The van der Waals surface area contributed by atoms with E-state index >= 15 is 0 Å². The van der Waals surface area contributed by atoms with Gasteiger partial charge in [-0.1, -0.05) is 11.6 Å². The number of likely N-dealkylation sites (N-methyl/N-ethyl adjacent to an activating group) is 1. The van der Waals surface area contributed by atoms with Gasteiger partial charge in [0.25, 0.3) is 5.91 Å². The zero-order chi connectivity index (χ0) is 17.0. The number of hydrogen-bond donors (Lipinski definition) is 1. The van der Waals surface area contributed by atoms with Gasteiger partial charge in [-0.3, -0.25) is 9.59 Å². The minimum absolute atomic E-state index is 0.0238. The predicted molar refractivity (Wildman–Crippen MR) is 86.8 cm³/mol. The van der Waals surface area contributed by atoms with E-state index in [1.54, 1.807) is 11.9 Å². The summed E-state index contributed by atoms with van der Waals surface area (Å²) in [5.41, 5.74) is 6.30. The molecule has 8 heteroatoms. The van der Waals surface area contributed by atoms with Crippen LogP contribution in [-0.2, 0) is 9.53 Å². The highest BCUT2D eigenvalue weighted by Gasteiger charge is 2.23. The maximum atomic E-state index is 12.6. The maximum absolute atomic E-state index is 12.6. The molecule has 1 fully saturated rings. The third-order valence-corrected chi connectivity index (χ3v) is 3.96. The lowest BCUT2D eigenvalue weighted by Gasteiger charge is -2.29. The third-order valence-electron chi connectivity index (χ3n) is 3.63. The number of hydrogen-bond acceptors (Lipinski definition) is 5. The lowest BCUT2D eigenvalue weighted by molar-refractivity contribution is -0.135. The summed E-state index contributed by atoms with van der Waals surface area (Å²) in [6.07, 6.45) is 0. The molecule has 0 aromatic heterocycles. The number of nitrogen functional groups attached to an aromatic ring is 1. The first-order valence-electron chi connectivity index (χ1n) is 7.18. The summed E-state index contributed by atoms with van der Waals surface area (Å²) >= 11 is 5.98. The summed E-state index contributed by atoms with van der Waals surface area (Å²) in [5.74, 6) is -0.155. The molecule has 0 unspecified atom stereocenters. The summed E-state index contributed by atoms with van der Waals surface area (Å²) in [6, 6.07) is 2.95. The molecule has 1 aromatic rings. The van der Waals surface area contributed by atoms with Gasteiger partial charge in [-0.05, 0) is 6.07 Å². The van der Waals surface area contributed by atoms with E-state index in [2.05, 4.69) is 0 Å². The molecular formula is C15H20ClN3O4. The van der Waals surface area contributed by atoms with Crippen molar-refractivity contribution in [2.45, 2.75) is 0 Å². The summed E-state index contributed by atoms with van der Waals surface area (Å²) in [6.45, 7) is 2.09. The fourth-order valence-corrected chi connectivity index (χ4v) is 2.46. The average molecular weight is 342 g/mol. The molecular weight excluding hydrogens is 322 g/mol. The third kappa shape index (κ3) is 4.05. The first-order chi connectivity index (χ1) is 10.9. The number of methoxy groups -OCH3 is 1. The van der Waals surface area contributed by atoms with E-state index in [-0.39, 0.29) is 28.9 Å². The maximum Gasteiger partial charge on any atom is 0.257 e. The SMILES string of the molecule is COc1cc(N)c(Cl)cc1C(=O)N(C)CC(=O)N1CCOCC1. The molecule has 1 aliphatic heterocycles. The van der Waals surface area contributed by atoms with Crippen LogP contribution in [0.15, 0.2) is 12.1 Å². The highest BCUT2D eigenvalue weighted by Crippen LogP contribution is 2.29. The summed E-state index contributed by atoms with van der Waals surface area (Å²) in [4.78, 5) is 27.8. The van der Waals surface area contributed by atoms with Crippen molar-refractivity contribution in [2.24, 2.45) is 0 Å². The van der Waals surface area contributed by atoms with Gasteiger partial charge in [-0.2, -0.15) is 0 Å².